The predicted molar refractivity (Wildman–Crippen MR) is 67.8 cm³/mol. The third-order valence-corrected chi connectivity index (χ3v) is 2.92. The molecule has 1 heteroatoms. The lowest BCUT2D eigenvalue weighted by molar-refractivity contribution is 0.209. The van der Waals surface area contributed by atoms with Crippen LogP contribution < -0.4 is 5.73 Å². The number of hydrogen-bond acceptors (Lipinski definition) is 1. The zero-order valence-electron chi connectivity index (χ0n) is 11.3. The van der Waals surface area contributed by atoms with Crippen LogP contribution in [0.4, 0.5) is 0 Å². The second-order valence-electron chi connectivity index (χ2n) is 7.47. The second-order valence-corrected chi connectivity index (χ2v) is 7.47. The molecule has 0 radical (unpaired) electrons. The van der Waals surface area contributed by atoms with E-state index in [0.29, 0.717) is 10.8 Å². The van der Waals surface area contributed by atoms with Gasteiger partial charge in [-0.25, -0.2) is 0 Å². The Morgan fingerprint density at radius 1 is 1.27 bits per heavy atom. The fourth-order valence-corrected chi connectivity index (χ4v) is 3.26. The van der Waals surface area contributed by atoms with E-state index in [2.05, 4.69) is 47.6 Å². The normalized spacial score (nSPS) is 24.9. The van der Waals surface area contributed by atoms with Gasteiger partial charge in [0.1, 0.15) is 0 Å². The third kappa shape index (κ3) is 4.38. The van der Waals surface area contributed by atoms with Crippen molar-refractivity contribution in [1.29, 1.82) is 0 Å². The standard InChI is InChI=1S/C14H27N/c1-12(2)7-11(9-14(5,6)15)8-13(3,4)10-12/h7H,8-10,15H2,1-6H3. The molecule has 0 aliphatic heterocycles. The summed E-state index contributed by atoms with van der Waals surface area (Å²) in [7, 11) is 0. The Bertz CT molecular complexity index is 264. The van der Waals surface area contributed by atoms with Crippen LogP contribution in [0.15, 0.2) is 11.6 Å². The highest BCUT2D eigenvalue weighted by molar-refractivity contribution is 5.17. The summed E-state index contributed by atoms with van der Waals surface area (Å²) >= 11 is 0. The molecular formula is C14H27N. The van der Waals surface area contributed by atoms with E-state index < -0.39 is 0 Å². The molecule has 0 aromatic rings. The van der Waals surface area contributed by atoms with Gasteiger partial charge in [-0.05, 0) is 43.9 Å². The molecule has 0 bridgehead atoms. The summed E-state index contributed by atoms with van der Waals surface area (Å²) in [5.41, 5.74) is 8.34. The van der Waals surface area contributed by atoms with E-state index in [4.69, 9.17) is 5.73 Å². The Balaban J connectivity index is 2.85. The van der Waals surface area contributed by atoms with Gasteiger partial charge in [-0.2, -0.15) is 0 Å². The lowest BCUT2D eigenvalue weighted by Crippen LogP contribution is -2.35. The van der Waals surface area contributed by atoms with Crippen molar-refractivity contribution in [3.8, 4) is 0 Å². The first-order valence-electron chi connectivity index (χ1n) is 5.99. The van der Waals surface area contributed by atoms with Crippen LogP contribution in [0.1, 0.15) is 60.8 Å². The van der Waals surface area contributed by atoms with Gasteiger partial charge in [0.15, 0.2) is 0 Å². The summed E-state index contributed by atoms with van der Waals surface area (Å²) in [4.78, 5) is 0. The fraction of sp³-hybridized carbons (Fsp3) is 0.857. The topological polar surface area (TPSA) is 26.0 Å². The van der Waals surface area contributed by atoms with Crippen LogP contribution in [0.25, 0.3) is 0 Å². The summed E-state index contributed by atoms with van der Waals surface area (Å²) in [6.45, 7) is 13.6. The SMILES string of the molecule is CC(C)(N)CC1=CC(C)(C)CC(C)(C)C1. The van der Waals surface area contributed by atoms with Crippen molar-refractivity contribution < 1.29 is 0 Å². The fourth-order valence-electron chi connectivity index (χ4n) is 3.26. The molecule has 88 valence electrons. The van der Waals surface area contributed by atoms with E-state index in [9.17, 15) is 0 Å². The van der Waals surface area contributed by atoms with Gasteiger partial charge >= 0.3 is 0 Å². The molecule has 0 saturated heterocycles. The molecule has 0 aromatic heterocycles. The van der Waals surface area contributed by atoms with Crippen molar-refractivity contribution in [3.63, 3.8) is 0 Å². The van der Waals surface area contributed by atoms with Gasteiger partial charge in [-0.15, -0.1) is 0 Å². The van der Waals surface area contributed by atoms with Crippen LogP contribution in [0.5, 0.6) is 0 Å². The summed E-state index contributed by atoms with van der Waals surface area (Å²) in [5, 5.41) is 0. The molecule has 1 rings (SSSR count). The summed E-state index contributed by atoms with van der Waals surface area (Å²) < 4.78 is 0. The zero-order valence-corrected chi connectivity index (χ0v) is 11.3. The predicted octanol–water partition coefficient (Wildman–Crippen LogP) is 3.89. The van der Waals surface area contributed by atoms with E-state index in [-0.39, 0.29) is 5.54 Å². The molecule has 0 amide bonds. The van der Waals surface area contributed by atoms with Crippen molar-refractivity contribution in [3.05, 3.63) is 11.6 Å². The molecule has 0 aromatic carbocycles. The maximum Gasteiger partial charge on any atom is 0.0134 e. The minimum atomic E-state index is -0.0741. The minimum Gasteiger partial charge on any atom is -0.325 e. The first-order chi connectivity index (χ1) is 6.49. The van der Waals surface area contributed by atoms with Crippen molar-refractivity contribution in [2.24, 2.45) is 16.6 Å². The molecule has 15 heavy (non-hydrogen) atoms. The highest BCUT2D eigenvalue weighted by Crippen LogP contribution is 2.45. The van der Waals surface area contributed by atoms with E-state index in [1.807, 2.05) is 0 Å². The van der Waals surface area contributed by atoms with Gasteiger partial charge in [0.25, 0.3) is 0 Å². The van der Waals surface area contributed by atoms with Crippen LogP contribution >= 0.6 is 0 Å². The molecular weight excluding hydrogens is 182 g/mol. The van der Waals surface area contributed by atoms with Crippen molar-refractivity contribution in [2.45, 2.75) is 66.3 Å². The third-order valence-electron chi connectivity index (χ3n) is 2.92. The van der Waals surface area contributed by atoms with E-state index in [1.54, 1.807) is 5.57 Å². The maximum atomic E-state index is 6.10. The highest BCUT2D eigenvalue weighted by atomic mass is 14.7. The Labute approximate surface area is 95.1 Å². The van der Waals surface area contributed by atoms with Crippen molar-refractivity contribution in [1.82, 2.24) is 0 Å². The minimum absolute atomic E-state index is 0.0741. The Kier molecular flexibility index (Phi) is 3.08. The Morgan fingerprint density at radius 3 is 2.20 bits per heavy atom. The molecule has 1 nitrogen and oxygen atoms in total. The molecule has 0 unspecified atom stereocenters. The number of nitrogens with two attached hydrogens (primary N) is 1. The first-order valence-corrected chi connectivity index (χ1v) is 5.99. The summed E-state index contributed by atoms with van der Waals surface area (Å²) in [5.74, 6) is 0. The molecule has 2 N–H and O–H groups in total. The molecule has 0 spiro atoms. The highest BCUT2D eigenvalue weighted by Gasteiger charge is 2.33. The number of allylic oxidation sites excluding steroid dienone is 1. The van der Waals surface area contributed by atoms with Crippen LogP contribution in [0.3, 0.4) is 0 Å². The maximum absolute atomic E-state index is 6.10. The van der Waals surface area contributed by atoms with E-state index in [1.165, 1.54) is 12.8 Å². The Morgan fingerprint density at radius 2 is 1.80 bits per heavy atom. The van der Waals surface area contributed by atoms with Gasteiger partial charge in [-0.1, -0.05) is 39.3 Å². The van der Waals surface area contributed by atoms with Crippen LogP contribution in [0, 0.1) is 10.8 Å². The number of rotatable bonds is 2. The summed E-state index contributed by atoms with van der Waals surface area (Å²) in [6, 6.07) is 0. The van der Waals surface area contributed by atoms with Crippen LogP contribution in [0.2, 0.25) is 0 Å². The average molecular weight is 209 g/mol. The summed E-state index contributed by atoms with van der Waals surface area (Å²) in [6.07, 6.45) is 5.96. The first kappa shape index (κ1) is 12.8. The van der Waals surface area contributed by atoms with Gasteiger partial charge < -0.3 is 5.73 Å². The van der Waals surface area contributed by atoms with Crippen LogP contribution in [-0.4, -0.2) is 5.54 Å². The lowest BCUT2D eigenvalue weighted by atomic mass is 9.65. The van der Waals surface area contributed by atoms with E-state index in [0.717, 1.165) is 6.42 Å². The monoisotopic (exact) mass is 209 g/mol. The Hall–Kier alpha value is -0.300. The van der Waals surface area contributed by atoms with Gasteiger partial charge in [0.05, 0.1) is 0 Å². The molecule has 0 atom stereocenters. The molecule has 0 heterocycles. The lowest BCUT2D eigenvalue weighted by Gasteiger charge is -2.40. The molecule has 1 aliphatic carbocycles. The molecule has 1 aliphatic rings. The quantitative estimate of drug-likeness (QED) is 0.686. The van der Waals surface area contributed by atoms with Crippen molar-refractivity contribution in [2.75, 3.05) is 0 Å². The largest absolute Gasteiger partial charge is 0.325 e. The van der Waals surface area contributed by atoms with Gasteiger partial charge in [-0.3, -0.25) is 0 Å². The molecule has 0 fully saturated rings. The second kappa shape index (κ2) is 3.62. The molecule has 0 saturated carbocycles. The zero-order chi connectivity index (χ0) is 11.9. The van der Waals surface area contributed by atoms with Gasteiger partial charge in [0, 0.05) is 5.54 Å². The van der Waals surface area contributed by atoms with E-state index >= 15 is 0 Å². The number of hydrogen-bond donors (Lipinski definition) is 1. The van der Waals surface area contributed by atoms with Gasteiger partial charge in [0.2, 0.25) is 0 Å². The smallest absolute Gasteiger partial charge is 0.0134 e. The van der Waals surface area contributed by atoms with Crippen LogP contribution in [-0.2, 0) is 0 Å². The van der Waals surface area contributed by atoms with Crippen molar-refractivity contribution >= 4 is 0 Å². The average Bonchev–Trinajstić information content (AvgIpc) is 1.70.